The van der Waals surface area contributed by atoms with Crippen LogP contribution in [0.2, 0.25) is 5.28 Å². The largest absolute Gasteiger partial charge is 0.358 e. The third-order valence-corrected chi connectivity index (χ3v) is 2.87. The molecule has 0 spiro atoms. The van der Waals surface area contributed by atoms with Crippen LogP contribution in [0.5, 0.6) is 0 Å². The van der Waals surface area contributed by atoms with E-state index < -0.39 is 0 Å². The van der Waals surface area contributed by atoms with Crippen LogP contribution in [-0.2, 0) is 0 Å². The van der Waals surface area contributed by atoms with Crippen molar-refractivity contribution in [2.75, 3.05) is 18.5 Å². The second kappa shape index (κ2) is 5.31. The fourth-order valence-electron chi connectivity index (χ4n) is 1.77. The SMILES string of the molecule is CCCCCN(C)c1nc(Cl)nc2nc[nH]c12. The summed E-state index contributed by atoms with van der Waals surface area (Å²) in [6.07, 6.45) is 5.18. The highest BCUT2D eigenvalue weighted by Crippen LogP contribution is 2.21. The highest BCUT2D eigenvalue weighted by Gasteiger charge is 2.12. The lowest BCUT2D eigenvalue weighted by Gasteiger charge is -2.18. The first-order chi connectivity index (χ1) is 8.22. The van der Waals surface area contributed by atoms with Crippen LogP contribution in [0.25, 0.3) is 11.2 Å². The van der Waals surface area contributed by atoms with E-state index in [9.17, 15) is 0 Å². The number of rotatable bonds is 5. The number of hydrogen-bond donors (Lipinski definition) is 1. The maximum atomic E-state index is 5.88. The number of nitrogens with one attached hydrogen (secondary N) is 1. The Hall–Kier alpha value is -1.36. The van der Waals surface area contributed by atoms with Crippen LogP contribution in [0.3, 0.4) is 0 Å². The Balaban J connectivity index is 2.24. The summed E-state index contributed by atoms with van der Waals surface area (Å²) >= 11 is 5.88. The smallest absolute Gasteiger partial charge is 0.226 e. The molecule has 0 aliphatic heterocycles. The summed E-state index contributed by atoms with van der Waals surface area (Å²) in [6.45, 7) is 3.14. The van der Waals surface area contributed by atoms with E-state index in [1.807, 2.05) is 7.05 Å². The van der Waals surface area contributed by atoms with E-state index in [0.29, 0.717) is 5.65 Å². The van der Waals surface area contributed by atoms with Crippen molar-refractivity contribution in [3.63, 3.8) is 0 Å². The number of anilines is 1. The molecule has 0 amide bonds. The Morgan fingerprint density at radius 3 is 2.94 bits per heavy atom. The first-order valence-corrected chi connectivity index (χ1v) is 6.18. The lowest BCUT2D eigenvalue weighted by Crippen LogP contribution is -2.20. The van der Waals surface area contributed by atoms with Gasteiger partial charge in [0.1, 0.15) is 5.52 Å². The van der Waals surface area contributed by atoms with E-state index >= 15 is 0 Å². The van der Waals surface area contributed by atoms with Gasteiger partial charge in [-0.1, -0.05) is 19.8 Å². The number of hydrogen-bond acceptors (Lipinski definition) is 4. The van der Waals surface area contributed by atoms with Crippen molar-refractivity contribution in [1.82, 2.24) is 19.9 Å². The molecule has 0 atom stereocenters. The molecule has 0 saturated heterocycles. The minimum atomic E-state index is 0.238. The van der Waals surface area contributed by atoms with Crippen molar-refractivity contribution in [2.24, 2.45) is 0 Å². The predicted octanol–water partition coefficient (Wildman–Crippen LogP) is 2.63. The second-order valence-electron chi connectivity index (χ2n) is 4.05. The number of fused-ring (bicyclic) bond motifs is 1. The number of unbranched alkanes of at least 4 members (excludes halogenated alkanes) is 2. The molecule has 2 rings (SSSR count). The van der Waals surface area contributed by atoms with Crippen molar-refractivity contribution in [3.05, 3.63) is 11.6 Å². The summed E-state index contributed by atoms with van der Waals surface area (Å²) in [5, 5.41) is 0.238. The molecule has 0 radical (unpaired) electrons. The molecular weight excluding hydrogens is 238 g/mol. The summed E-state index contributed by atoms with van der Waals surface area (Å²) in [6, 6.07) is 0. The average molecular weight is 254 g/mol. The fraction of sp³-hybridized carbons (Fsp3) is 0.545. The third kappa shape index (κ3) is 2.66. The molecule has 0 aliphatic carbocycles. The van der Waals surface area contributed by atoms with Crippen molar-refractivity contribution in [2.45, 2.75) is 26.2 Å². The Kier molecular flexibility index (Phi) is 3.78. The first kappa shape index (κ1) is 12.1. The van der Waals surface area contributed by atoms with Crippen molar-refractivity contribution < 1.29 is 0 Å². The summed E-state index contributed by atoms with van der Waals surface area (Å²) in [4.78, 5) is 17.6. The van der Waals surface area contributed by atoms with E-state index in [0.717, 1.165) is 24.3 Å². The Bertz CT molecular complexity index is 496. The molecule has 2 heterocycles. The predicted molar refractivity (Wildman–Crippen MR) is 69.5 cm³/mol. The van der Waals surface area contributed by atoms with Gasteiger partial charge in [0.2, 0.25) is 5.28 Å². The van der Waals surface area contributed by atoms with E-state index in [2.05, 4.69) is 31.8 Å². The zero-order valence-electron chi connectivity index (χ0n) is 10.1. The van der Waals surface area contributed by atoms with E-state index in [1.54, 1.807) is 6.33 Å². The zero-order chi connectivity index (χ0) is 12.3. The minimum Gasteiger partial charge on any atom is -0.358 e. The van der Waals surface area contributed by atoms with Crippen molar-refractivity contribution >= 4 is 28.6 Å². The highest BCUT2D eigenvalue weighted by atomic mass is 35.5. The molecular formula is C11H16ClN5. The maximum Gasteiger partial charge on any atom is 0.226 e. The molecule has 17 heavy (non-hydrogen) atoms. The van der Waals surface area contributed by atoms with Gasteiger partial charge in [-0.2, -0.15) is 9.97 Å². The van der Waals surface area contributed by atoms with Crippen LogP contribution in [0.1, 0.15) is 26.2 Å². The summed E-state index contributed by atoms with van der Waals surface area (Å²) in [7, 11) is 2.01. The van der Waals surface area contributed by atoms with Crippen molar-refractivity contribution in [1.29, 1.82) is 0 Å². The summed E-state index contributed by atoms with van der Waals surface area (Å²) < 4.78 is 0. The van der Waals surface area contributed by atoms with Gasteiger partial charge in [-0.3, -0.25) is 0 Å². The number of H-pyrrole nitrogens is 1. The van der Waals surface area contributed by atoms with Gasteiger partial charge in [-0.25, -0.2) is 4.98 Å². The standard InChI is InChI=1S/C11H16ClN5/c1-3-4-5-6-17(2)10-8-9(14-7-13-8)15-11(12)16-10/h7H,3-6H2,1-2H3,(H,13,14,15,16). The summed E-state index contributed by atoms with van der Waals surface area (Å²) in [5.74, 6) is 0.814. The molecule has 0 aromatic carbocycles. The molecule has 6 heteroatoms. The lowest BCUT2D eigenvalue weighted by atomic mass is 10.2. The number of aromatic amines is 1. The van der Waals surface area contributed by atoms with Crippen LogP contribution in [0, 0.1) is 0 Å². The lowest BCUT2D eigenvalue weighted by molar-refractivity contribution is 0.702. The van der Waals surface area contributed by atoms with Crippen LogP contribution < -0.4 is 4.90 Å². The van der Waals surface area contributed by atoms with Gasteiger partial charge in [-0.05, 0) is 18.0 Å². The molecule has 2 aromatic rings. The number of halogens is 1. The zero-order valence-corrected chi connectivity index (χ0v) is 10.8. The number of imidazole rings is 1. The third-order valence-electron chi connectivity index (χ3n) is 2.70. The van der Waals surface area contributed by atoms with Gasteiger partial charge in [-0.15, -0.1) is 0 Å². The molecule has 0 saturated carbocycles. The van der Waals surface area contributed by atoms with Crippen molar-refractivity contribution in [3.8, 4) is 0 Å². The highest BCUT2D eigenvalue weighted by molar-refractivity contribution is 6.28. The molecule has 0 aliphatic rings. The molecule has 1 N–H and O–H groups in total. The van der Waals surface area contributed by atoms with E-state index in [-0.39, 0.29) is 5.28 Å². The van der Waals surface area contributed by atoms with E-state index in [4.69, 9.17) is 11.6 Å². The normalized spacial score (nSPS) is 11.0. The molecule has 0 bridgehead atoms. The first-order valence-electron chi connectivity index (χ1n) is 5.80. The van der Waals surface area contributed by atoms with Gasteiger partial charge in [0.15, 0.2) is 11.5 Å². The van der Waals surface area contributed by atoms with Crippen LogP contribution in [-0.4, -0.2) is 33.5 Å². The van der Waals surface area contributed by atoms with Gasteiger partial charge in [0.05, 0.1) is 6.33 Å². The van der Waals surface area contributed by atoms with Crippen LogP contribution in [0.15, 0.2) is 6.33 Å². The monoisotopic (exact) mass is 253 g/mol. The van der Waals surface area contributed by atoms with Gasteiger partial charge < -0.3 is 9.88 Å². The molecule has 5 nitrogen and oxygen atoms in total. The molecule has 92 valence electrons. The topological polar surface area (TPSA) is 57.7 Å². The van der Waals surface area contributed by atoms with Crippen LogP contribution >= 0.6 is 11.6 Å². The van der Waals surface area contributed by atoms with Gasteiger partial charge in [0.25, 0.3) is 0 Å². The maximum absolute atomic E-state index is 5.88. The van der Waals surface area contributed by atoms with Gasteiger partial charge >= 0.3 is 0 Å². The number of nitrogens with zero attached hydrogens (tertiary/aromatic N) is 4. The fourth-order valence-corrected chi connectivity index (χ4v) is 1.93. The average Bonchev–Trinajstić information content (AvgIpc) is 2.75. The Labute approximate surface area is 105 Å². The molecule has 0 fully saturated rings. The Morgan fingerprint density at radius 2 is 2.18 bits per heavy atom. The summed E-state index contributed by atoms with van der Waals surface area (Å²) in [5.41, 5.74) is 1.45. The Morgan fingerprint density at radius 1 is 1.35 bits per heavy atom. The van der Waals surface area contributed by atoms with E-state index in [1.165, 1.54) is 12.8 Å². The quantitative estimate of drug-likeness (QED) is 0.657. The minimum absolute atomic E-state index is 0.238. The number of aromatic nitrogens is 4. The van der Waals surface area contributed by atoms with Gasteiger partial charge in [0, 0.05) is 13.6 Å². The second-order valence-corrected chi connectivity index (χ2v) is 4.38. The molecule has 2 aromatic heterocycles. The van der Waals surface area contributed by atoms with Crippen LogP contribution in [0.4, 0.5) is 5.82 Å². The molecule has 0 unspecified atom stereocenters.